The van der Waals surface area contributed by atoms with E-state index < -0.39 is 23.7 Å². The van der Waals surface area contributed by atoms with Crippen molar-refractivity contribution < 1.29 is 19.1 Å². The van der Waals surface area contributed by atoms with E-state index in [1.165, 1.54) is 11.8 Å². The average Bonchev–Trinajstić information content (AvgIpc) is 2.69. The summed E-state index contributed by atoms with van der Waals surface area (Å²) in [5.74, 6) is -0.585. The zero-order valence-electron chi connectivity index (χ0n) is 13.6. The number of carbonyl (C=O) groups is 2. The molecule has 1 rings (SSSR count). The largest absolute Gasteiger partial charge is 0.467 e. The zero-order chi connectivity index (χ0) is 16.9. The van der Waals surface area contributed by atoms with Crippen LogP contribution in [0.3, 0.4) is 0 Å². The van der Waals surface area contributed by atoms with Gasteiger partial charge in [0.05, 0.1) is 7.11 Å². The summed E-state index contributed by atoms with van der Waals surface area (Å²) in [5.41, 5.74) is -0.354. The average molecular weight is 313 g/mol. The number of aromatic amines is 1. The highest BCUT2D eigenvalue weighted by molar-refractivity contribution is 5.81. The van der Waals surface area contributed by atoms with Gasteiger partial charge in [0.15, 0.2) is 0 Å². The van der Waals surface area contributed by atoms with Crippen molar-refractivity contribution in [2.24, 2.45) is 7.05 Å². The van der Waals surface area contributed by atoms with Crippen LogP contribution in [0.15, 0.2) is 11.0 Å². The molecule has 8 heteroatoms. The minimum absolute atomic E-state index is 0.219. The number of nitrogens with zero attached hydrogens (tertiary/aromatic N) is 1. The van der Waals surface area contributed by atoms with Gasteiger partial charge in [-0.25, -0.2) is 9.59 Å². The second kappa shape index (κ2) is 7.15. The fraction of sp³-hybridized carbons (Fsp3) is 0.643. The van der Waals surface area contributed by atoms with Gasteiger partial charge in [0.25, 0.3) is 5.56 Å². The Bertz CT molecular complexity index is 582. The topological polar surface area (TPSA) is 102 Å². The summed E-state index contributed by atoms with van der Waals surface area (Å²) in [6.07, 6.45) is 1.50. The standard InChI is InChI=1S/C14H23N3O5/c1-14(2,3)22-13(20)15-10(12(19)21-5)7-6-9-8-17(4)16-11(9)18/h8,10H,6-7H2,1-5H3,(H,15,20)(H,16,18). The van der Waals surface area contributed by atoms with Crippen molar-refractivity contribution in [1.29, 1.82) is 0 Å². The van der Waals surface area contributed by atoms with Gasteiger partial charge in [-0.05, 0) is 33.6 Å². The van der Waals surface area contributed by atoms with Crippen LogP contribution < -0.4 is 10.9 Å². The van der Waals surface area contributed by atoms with Gasteiger partial charge in [-0.15, -0.1) is 0 Å². The molecule has 1 aromatic rings. The Hall–Kier alpha value is -2.25. The van der Waals surface area contributed by atoms with Crippen molar-refractivity contribution in [3.63, 3.8) is 0 Å². The maximum atomic E-state index is 11.8. The van der Waals surface area contributed by atoms with Gasteiger partial charge in [-0.2, -0.15) is 0 Å². The van der Waals surface area contributed by atoms with E-state index in [1.807, 2.05) is 0 Å². The van der Waals surface area contributed by atoms with Crippen LogP contribution in [-0.2, 0) is 27.7 Å². The summed E-state index contributed by atoms with van der Waals surface area (Å²) in [4.78, 5) is 35.1. The SMILES string of the molecule is COC(=O)C(CCc1cn(C)[nH]c1=O)NC(=O)OC(C)(C)C. The number of nitrogens with one attached hydrogen (secondary N) is 2. The highest BCUT2D eigenvalue weighted by Crippen LogP contribution is 2.08. The fourth-order valence-corrected chi connectivity index (χ4v) is 1.88. The van der Waals surface area contributed by atoms with Gasteiger partial charge in [0.1, 0.15) is 11.6 Å². The first-order valence-corrected chi connectivity index (χ1v) is 6.94. The Morgan fingerprint density at radius 2 is 2.05 bits per heavy atom. The lowest BCUT2D eigenvalue weighted by Crippen LogP contribution is -2.44. The number of hydrogen-bond donors (Lipinski definition) is 2. The molecule has 0 aliphatic rings. The molecule has 0 saturated heterocycles. The van der Waals surface area contributed by atoms with Crippen molar-refractivity contribution in [1.82, 2.24) is 15.1 Å². The van der Waals surface area contributed by atoms with Crippen LogP contribution in [0.4, 0.5) is 4.79 Å². The first-order valence-electron chi connectivity index (χ1n) is 6.94. The molecule has 8 nitrogen and oxygen atoms in total. The van der Waals surface area contributed by atoms with E-state index in [0.717, 1.165) is 0 Å². The van der Waals surface area contributed by atoms with Crippen molar-refractivity contribution in [3.05, 3.63) is 22.1 Å². The molecular weight excluding hydrogens is 290 g/mol. The first kappa shape index (κ1) is 17.8. The molecule has 1 heterocycles. The van der Waals surface area contributed by atoms with Gasteiger partial charge in [-0.3, -0.25) is 14.6 Å². The van der Waals surface area contributed by atoms with Crippen LogP contribution in [0.25, 0.3) is 0 Å². The second-order valence-electron chi connectivity index (χ2n) is 5.97. The fourth-order valence-electron chi connectivity index (χ4n) is 1.88. The Morgan fingerprint density at radius 1 is 1.41 bits per heavy atom. The Kier molecular flexibility index (Phi) is 5.78. The molecule has 1 aromatic heterocycles. The summed E-state index contributed by atoms with van der Waals surface area (Å²) in [6, 6.07) is -0.876. The predicted molar refractivity (Wildman–Crippen MR) is 79.5 cm³/mol. The number of H-pyrrole nitrogens is 1. The van der Waals surface area contributed by atoms with E-state index in [0.29, 0.717) is 12.0 Å². The number of esters is 1. The summed E-state index contributed by atoms with van der Waals surface area (Å²) in [7, 11) is 2.93. The molecule has 124 valence electrons. The summed E-state index contributed by atoms with van der Waals surface area (Å²) in [5, 5.41) is 5.05. The third kappa shape index (κ3) is 5.63. The number of hydrogen-bond acceptors (Lipinski definition) is 5. The molecule has 0 fully saturated rings. The summed E-state index contributed by atoms with van der Waals surface area (Å²) < 4.78 is 11.3. The molecule has 22 heavy (non-hydrogen) atoms. The van der Waals surface area contributed by atoms with Crippen molar-refractivity contribution >= 4 is 12.1 Å². The summed E-state index contributed by atoms with van der Waals surface area (Å²) in [6.45, 7) is 5.18. The quantitative estimate of drug-likeness (QED) is 0.780. The van der Waals surface area contributed by atoms with Gasteiger partial charge in [0, 0.05) is 18.8 Å². The maximum absolute atomic E-state index is 11.8. The number of ether oxygens (including phenoxy) is 2. The monoisotopic (exact) mass is 313 g/mol. The van der Waals surface area contributed by atoms with Crippen LogP contribution in [0.1, 0.15) is 32.8 Å². The van der Waals surface area contributed by atoms with Gasteiger partial charge >= 0.3 is 12.1 Å². The lowest BCUT2D eigenvalue weighted by Gasteiger charge is -2.22. The maximum Gasteiger partial charge on any atom is 0.408 e. The van der Waals surface area contributed by atoms with Gasteiger partial charge in [0.2, 0.25) is 0 Å². The minimum Gasteiger partial charge on any atom is -0.467 e. The molecule has 0 aliphatic heterocycles. The molecule has 0 radical (unpaired) electrons. The molecule has 2 N–H and O–H groups in total. The Balaban J connectivity index is 2.69. The number of rotatable bonds is 5. The van der Waals surface area contributed by atoms with Crippen LogP contribution in [-0.4, -0.2) is 40.6 Å². The highest BCUT2D eigenvalue weighted by atomic mass is 16.6. The molecule has 1 unspecified atom stereocenters. The number of methoxy groups -OCH3 is 1. The van der Waals surface area contributed by atoms with E-state index >= 15 is 0 Å². The molecular formula is C14H23N3O5. The van der Waals surface area contributed by atoms with Crippen LogP contribution >= 0.6 is 0 Å². The zero-order valence-corrected chi connectivity index (χ0v) is 13.6. The molecule has 1 atom stereocenters. The van der Waals surface area contributed by atoms with Crippen LogP contribution in [0, 0.1) is 0 Å². The number of alkyl carbamates (subject to hydrolysis) is 1. The molecule has 0 spiro atoms. The Labute approximate surface area is 128 Å². The van der Waals surface area contributed by atoms with Crippen molar-refractivity contribution in [2.45, 2.75) is 45.3 Å². The molecule has 0 aromatic carbocycles. The van der Waals surface area contributed by atoms with E-state index in [4.69, 9.17) is 4.74 Å². The van der Waals surface area contributed by atoms with E-state index in [-0.39, 0.29) is 12.0 Å². The Morgan fingerprint density at radius 3 is 2.50 bits per heavy atom. The third-order valence-electron chi connectivity index (χ3n) is 2.80. The van der Waals surface area contributed by atoms with Crippen molar-refractivity contribution in [2.75, 3.05) is 7.11 Å². The minimum atomic E-state index is -0.876. The third-order valence-corrected chi connectivity index (χ3v) is 2.80. The van der Waals surface area contributed by atoms with Crippen LogP contribution in [0.2, 0.25) is 0 Å². The van der Waals surface area contributed by atoms with E-state index in [2.05, 4.69) is 15.2 Å². The molecule has 0 aliphatic carbocycles. The highest BCUT2D eigenvalue weighted by Gasteiger charge is 2.25. The predicted octanol–water partition coefficient (Wildman–Crippen LogP) is 0.712. The smallest absolute Gasteiger partial charge is 0.408 e. The lowest BCUT2D eigenvalue weighted by molar-refractivity contribution is -0.143. The number of carbonyl (C=O) groups excluding carboxylic acids is 2. The first-order chi connectivity index (χ1) is 10.1. The van der Waals surface area contributed by atoms with Gasteiger partial charge in [-0.1, -0.05) is 0 Å². The number of amides is 1. The molecule has 0 bridgehead atoms. The second-order valence-corrected chi connectivity index (χ2v) is 5.97. The molecule has 1 amide bonds. The lowest BCUT2D eigenvalue weighted by atomic mass is 10.1. The van der Waals surface area contributed by atoms with Crippen LogP contribution in [0.5, 0.6) is 0 Å². The van der Waals surface area contributed by atoms with Gasteiger partial charge < -0.3 is 14.8 Å². The van der Waals surface area contributed by atoms with Crippen molar-refractivity contribution in [3.8, 4) is 0 Å². The number of aromatic nitrogens is 2. The normalized spacial score (nSPS) is 12.6. The summed E-state index contributed by atoms with van der Waals surface area (Å²) >= 11 is 0. The number of aryl methyl sites for hydroxylation is 2. The van der Waals surface area contributed by atoms with E-state index in [9.17, 15) is 14.4 Å². The van der Waals surface area contributed by atoms with E-state index in [1.54, 1.807) is 34.0 Å². The molecule has 0 saturated carbocycles.